The molecule has 4 atom stereocenters. The first-order valence-corrected chi connectivity index (χ1v) is 10.3. The van der Waals surface area contributed by atoms with Crippen LogP contribution >= 0.6 is 11.6 Å². The minimum absolute atomic E-state index is 0.161. The summed E-state index contributed by atoms with van der Waals surface area (Å²) in [5.41, 5.74) is 3.03. The number of hydrogen-bond donors (Lipinski definition) is 1. The van der Waals surface area contributed by atoms with Crippen molar-refractivity contribution in [3.05, 3.63) is 59.8 Å². The number of hydrogen-bond acceptors (Lipinski definition) is 2. The zero-order valence-corrected chi connectivity index (χ0v) is 15.7. The molecule has 4 unspecified atom stereocenters. The minimum atomic E-state index is 0.161. The fourth-order valence-corrected chi connectivity index (χ4v) is 4.90. The van der Waals surface area contributed by atoms with Gasteiger partial charge in [-0.25, -0.2) is 0 Å². The molecule has 0 bridgehead atoms. The molecular weight excluding hydrogens is 328 g/mol. The lowest BCUT2D eigenvalue weighted by Gasteiger charge is -2.41. The molecule has 1 N–H and O–H groups in total. The number of rotatable bonds is 4. The second kappa shape index (κ2) is 8.07. The second-order valence-electron chi connectivity index (χ2n) is 7.61. The van der Waals surface area contributed by atoms with Crippen molar-refractivity contribution in [3.63, 3.8) is 0 Å². The maximum atomic E-state index is 6.30. The molecule has 3 heteroatoms. The number of halogens is 1. The van der Waals surface area contributed by atoms with Gasteiger partial charge in [-0.15, -0.1) is 11.6 Å². The number of nitrogens with one attached hydrogen (secondary N) is 1. The second-order valence-corrected chi connectivity index (χ2v) is 8.17. The summed E-state index contributed by atoms with van der Waals surface area (Å²) in [6.45, 7) is 2.21. The van der Waals surface area contributed by atoms with E-state index in [4.69, 9.17) is 11.6 Å². The van der Waals surface area contributed by atoms with Crippen LogP contribution in [0.3, 0.4) is 0 Å². The molecular formula is C22H29ClN2. The standard InChI is InChI=1S/C22H29ClN2/c23-20-13-11-18(12-14-20)21(17-7-3-1-4-8-17)25-16-15-24-22(25)19-9-5-2-6-10-19/h1-3,5,9,11-13,17,20-22,24H,4,6-8,10,14-16H2. The van der Waals surface area contributed by atoms with Crippen LogP contribution in [-0.4, -0.2) is 35.6 Å². The fourth-order valence-electron chi connectivity index (χ4n) is 4.74. The Hall–Kier alpha value is -1.09. The van der Waals surface area contributed by atoms with Crippen molar-refractivity contribution >= 4 is 11.6 Å². The molecule has 0 amide bonds. The Balaban J connectivity index is 1.62. The van der Waals surface area contributed by atoms with E-state index in [1.54, 1.807) is 5.57 Å². The normalized spacial score (nSPS) is 34.0. The minimum Gasteiger partial charge on any atom is -0.297 e. The van der Waals surface area contributed by atoms with E-state index in [2.05, 4.69) is 58.8 Å². The van der Waals surface area contributed by atoms with Crippen molar-refractivity contribution in [1.82, 2.24) is 10.2 Å². The molecule has 0 radical (unpaired) electrons. The molecule has 4 rings (SSSR count). The van der Waals surface area contributed by atoms with Crippen molar-refractivity contribution in [2.24, 2.45) is 5.92 Å². The molecule has 1 aliphatic heterocycles. The van der Waals surface area contributed by atoms with Gasteiger partial charge in [-0.1, -0.05) is 48.6 Å². The topological polar surface area (TPSA) is 15.3 Å². The molecule has 1 heterocycles. The Labute approximate surface area is 157 Å². The van der Waals surface area contributed by atoms with Gasteiger partial charge in [0.1, 0.15) is 0 Å². The van der Waals surface area contributed by atoms with Gasteiger partial charge in [-0.05, 0) is 55.6 Å². The van der Waals surface area contributed by atoms with E-state index in [-0.39, 0.29) is 5.38 Å². The van der Waals surface area contributed by atoms with Crippen molar-refractivity contribution in [2.45, 2.75) is 56.1 Å². The highest BCUT2D eigenvalue weighted by atomic mass is 35.5. The highest BCUT2D eigenvalue weighted by molar-refractivity contribution is 6.22. The Morgan fingerprint density at radius 3 is 2.84 bits per heavy atom. The summed E-state index contributed by atoms with van der Waals surface area (Å²) in [4.78, 5) is 2.74. The first kappa shape index (κ1) is 17.3. The average molecular weight is 357 g/mol. The van der Waals surface area contributed by atoms with Crippen LogP contribution in [0.4, 0.5) is 0 Å². The largest absolute Gasteiger partial charge is 0.297 e. The van der Waals surface area contributed by atoms with E-state index in [0.717, 1.165) is 19.5 Å². The first-order chi connectivity index (χ1) is 12.3. The van der Waals surface area contributed by atoms with Crippen LogP contribution in [0.5, 0.6) is 0 Å². The average Bonchev–Trinajstić information content (AvgIpc) is 3.14. The van der Waals surface area contributed by atoms with Gasteiger partial charge in [-0.3, -0.25) is 10.2 Å². The molecule has 0 aromatic heterocycles. The van der Waals surface area contributed by atoms with Crippen LogP contribution in [0.15, 0.2) is 59.8 Å². The van der Waals surface area contributed by atoms with Gasteiger partial charge in [0.05, 0.1) is 11.5 Å². The molecule has 0 spiro atoms. The summed E-state index contributed by atoms with van der Waals surface area (Å²) >= 11 is 6.30. The fraction of sp³-hybridized carbons (Fsp3) is 0.545. The van der Waals surface area contributed by atoms with Gasteiger partial charge >= 0.3 is 0 Å². The maximum absolute atomic E-state index is 6.30. The smallest absolute Gasteiger partial charge is 0.0828 e. The third-order valence-electron chi connectivity index (χ3n) is 5.97. The third-order valence-corrected chi connectivity index (χ3v) is 6.29. The van der Waals surface area contributed by atoms with E-state index < -0.39 is 0 Å². The van der Waals surface area contributed by atoms with Crippen LogP contribution < -0.4 is 5.32 Å². The summed E-state index contributed by atoms with van der Waals surface area (Å²) in [6.07, 6.45) is 25.9. The van der Waals surface area contributed by atoms with E-state index in [1.807, 2.05) is 0 Å². The van der Waals surface area contributed by atoms with Gasteiger partial charge in [0.2, 0.25) is 0 Å². The predicted octanol–water partition coefficient (Wildman–Crippen LogP) is 4.71. The van der Waals surface area contributed by atoms with Crippen LogP contribution in [0.1, 0.15) is 38.5 Å². The molecule has 1 saturated heterocycles. The summed E-state index contributed by atoms with van der Waals surface area (Å²) in [6, 6.07) is 0.497. The first-order valence-electron chi connectivity index (χ1n) is 9.85. The lowest BCUT2D eigenvalue weighted by Crippen LogP contribution is -2.48. The molecule has 2 nitrogen and oxygen atoms in total. The predicted molar refractivity (Wildman–Crippen MR) is 107 cm³/mol. The zero-order chi connectivity index (χ0) is 17.1. The summed E-state index contributed by atoms with van der Waals surface area (Å²) in [5, 5.41) is 3.93. The molecule has 4 aliphatic rings. The Morgan fingerprint density at radius 2 is 2.12 bits per heavy atom. The van der Waals surface area contributed by atoms with Gasteiger partial charge in [0, 0.05) is 19.1 Å². The quantitative estimate of drug-likeness (QED) is 0.579. The molecule has 0 aromatic rings. The molecule has 1 fully saturated rings. The Kier molecular flexibility index (Phi) is 5.60. The highest BCUT2D eigenvalue weighted by Crippen LogP contribution is 2.35. The lowest BCUT2D eigenvalue weighted by atomic mass is 9.81. The molecule has 25 heavy (non-hydrogen) atoms. The summed E-state index contributed by atoms with van der Waals surface area (Å²) in [7, 11) is 0. The number of allylic oxidation sites excluding steroid dienone is 7. The number of nitrogens with zero attached hydrogens (tertiary/aromatic N) is 1. The van der Waals surface area contributed by atoms with Crippen molar-refractivity contribution in [1.29, 1.82) is 0 Å². The number of alkyl halides is 1. The molecule has 134 valence electrons. The van der Waals surface area contributed by atoms with Crippen molar-refractivity contribution in [2.75, 3.05) is 13.1 Å². The van der Waals surface area contributed by atoms with Crippen LogP contribution in [0, 0.1) is 5.92 Å². The zero-order valence-electron chi connectivity index (χ0n) is 14.9. The van der Waals surface area contributed by atoms with Crippen LogP contribution in [0.2, 0.25) is 0 Å². The Morgan fingerprint density at radius 1 is 1.16 bits per heavy atom. The highest BCUT2D eigenvalue weighted by Gasteiger charge is 2.38. The van der Waals surface area contributed by atoms with Crippen LogP contribution in [-0.2, 0) is 0 Å². The third kappa shape index (κ3) is 3.86. The van der Waals surface area contributed by atoms with E-state index in [9.17, 15) is 0 Å². The van der Waals surface area contributed by atoms with Gasteiger partial charge in [0.15, 0.2) is 0 Å². The van der Waals surface area contributed by atoms with E-state index >= 15 is 0 Å². The van der Waals surface area contributed by atoms with Gasteiger partial charge in [0.25, 0.3) is 0 Å². The van der Waals surface area contributed by atoms with Gasteiger partial charge < -0.3 is 0 Å². The molecule has 3 aliphatic carbocycles. The molecule has 0 aromatic carbocycles. The van der Waals surface area contributed by atoms with Crippen LogP contribution in [0.25, 0.3) is 0 Å². The monoisotopic (exact) mass is 356 g/mol. The van der Waals surface area contributed by atoms with E-state index in [1.165, 1.54) is 37.7 Å². The lowest BCUT2D eigenvalue weighted by molar-refractivity contribution is 0.156. The summed E-state index contributed by atoms with van der Waals surface area (Å²) in [5.74, 6) is 0.704. The molecule has 0 saturated carbocycles. The Bertz CT molecular complexity index is 628. The van der Waals surface area contributed by atoms with Crippen molar-refractivity contribution in [3.8, 4) is 0 Å². The SMILES string of the molecule is ClC1C=CC(C(C2CC=CCC2)N2CCNC2C2=CC=CCC2)=CC1. The van der Waals surface area contributed by atoms with E-state index in [0.29, 0.717) is 18.1 Å². The van der Waals surface area contributed by atoms with Crippen molar-refractivity contribution < 1.29 is 0 Å². The van der Waals surface area contributed by atoms with Gasteiger partial charge in [-0.2, -0.15) is 0 Å². The summed E-state index contributed by atoms with van der Waals surface area (Å²) < 4.78 is 0. The maximum Gasteiger partial charge on any atom is 0.0828 e.